The van der Waals surface area contributed by atoms with E-state index in [1.54, 1.807) is 0 Å². The lowest BCUT2D eigenvalue weighted by atomic mass is 10.1. The third kappa shape index (κ3) is 1.37. The Morgan fingerprint density at radius 2 is 2.00 bits per heavy atom. The quantitative estimate of drug-likeness (QED) is 0.532. The van der Waals surface area contributed by atoms with Crippen LogP contribution in [0.15, 0.2) is 17.6 Å². The van der Waals surface area contributed by atoms with Crippen LogP contribution in [0.4, 0.5) is 0 Å². The molecule has 0 unspecified atom stereocenters. The number of hydrogen-bond donors (Lipinski definition) is 0. The minimum atomic E-state index is 0.00116. The van der Waals surface area contributed by atoms with E-state index in [1.807, 2.05) is 11.8 Å². The van der Waals surface area contributed by atoms with E-state index in [0.29, 0.717) is 5.88 Å². The zero-order valence-corrected chi connectivity index (χ0v) is 7.51. The maximum Gasteiger partial charge on any atom is 0.224 e. The molecule has 0 aromatic carbocycles. The molecule has 0 fully saturated rings. The molecule has 0 saturated carbocycles. The summed E-state index contributed by atoms with van der Waals surface area (Å²) in [5.74, 6) is 1.47. The smallest absolute Gasteiger partial charge is 0.224 e. The Morgan fingerprint density at radius 1 is 1.45 bits per heavy atom. The molecule has 1 heterocycles. The van der Waals surface area contributed by atoms with E-state index in [-0.39, 0.29) is 5.54 Å². The van der Waals surface area contributed by atoms with Gasteiger partial charge in [0, 0.05) is 5.54 Å². The fourth-order valence-electron chi connectivity index (χ4n) is 1.24. The average molecular weight is 154 g/mol. The molecule has 0 atom stereocenters. The van der Waals surface area contributed by atoms with Gasteiger partial charge in [-0.3, -0.25) is 4.90 Å². The standard InChI is InChI=1S/C8H14N2O/c1-6-9-11-7(2)10(6)8(3,4)5/h2H2,1,3-5H3. The van der Waals surface area contributed by atoms with Crippen LogP contribution in [0.2, 0.25) is 0 Å². The third-order valence-electron chi connectivity index (χ3n) is 1.53. The highest BCUT2D eigenvalue weighted by atomic mass is 16.7. The van der Waals surface area contributed by atoms with Crippen molar-refractivity contribution in [3.63, 3.8) is 0 Å². The summed E-state index contributed by atoms with van der Waals surface area (Å²) in [6.45, 7) is 11.9. The fourth-order valence-corrected chi connectivity index (χ4v) is 1.24. The summed E-state index contributed by atoms with van der Waals surface area (Å²) < 4.78 is 0. The molecule has 0 radical (unpaired) electrons. The zero-order chi connectivity index (χ0) is 8.65. The van der Waals surface area contributed by atoms with Crippen molar-refractivity contribution in [3.05, 3.63) is 12.5 Å². The Kier molecular flexibility index (Phi) is 1.66. The van der Waals surface area contributed by atoms with Gasteiger partial charge in [-0.2, -0.15) is 0 Å². The first-order valence-corrected chi connectivity index (χ1v) is 3.63. The Balaban J connectivity index is 2.87. The van der Waals surface area contributed by atoms with Crippen molar-refractivity contribution in [3.8, 4) is 0 Å². The van der Waals surface area contributed by atoms with Crippen LogP contribution in [0.1, 0.15) is 27.7 Å². The van der Waals surface area contributed by atoms with E-state index in [1.165, 1.54) is 0 Å². The number of amidine groups is 1. The molecule has 3 nitrogen and oxygen atoms in total. The molecular formula is C8H14N2O. The van der Waals surface area contributed by atoms with E-state index in [2.05, 4.69) is 32.5 Å². The summed E-state index contributed by atoms with van der Waals surface area (Å²) in [5, 5.41) is 3.81. The van der Waals surface area contributed by atoms with Crippen LogP contribution in [0, 0.1) is 0 Å². The van der Waals surface area contributed by atoms with E-state index >= 15 is 0 Å². The van der Waals surface area contributed by atoms with Gasteiger partial charge in [0.2, 0.25) is 5.88 Å². The van der Waals surface area contributed by atoms with Gasteiger partial charge in [-0.25, -0.2) is 0 Å². The van der Waals surface area contributed by atoms with Gasteiger partial charge in [0.15, 0.2) is 0 Å². The van der Waals surface area contributed by atoms with Crippen molar-refractivity contribution in [2.75, 3.05) is 0 Å². The van der Waals surface area contributed by atoms with Crippen molar-refractivity contribution >= 4 is 5.84 Å². The number of nitrogens with zero attached hydrogens (tertiary/aromatic N) is 2. The van der Waals surface area contributed by atoms with Crippen LogP contribution in [0.25, 0.3) is 0 Å². The van der Waals surface area contributed by atoms with E-state index in [9.17, 15) is 0 Å². The molecule has 0 aromatic rings. The Morgan fingerprint density at radius 3 is 2.18 bits per heavy atom. The second-order valence-electron chi connectivity index (χ2n) is 3.63. The van der Waals surface area contributed by atoms with Crippen molar-refractivity contribution in [1.29, 1.82) is 0 Å². The van der Waals surface area contributed by atoms with Crippen LogP contribution in [-0.4, -0.2) is 16.3 Å². The van der Waals surface area contributed by atoms with Crippen molar-refractivity contribution < 1.29 is 4.84 Å². The Labute approximate surface area is 67.3 Å². The van der Waals surface area contributed by atoms with E-state index in [0.717, 1.165) is 5.84 Å². The second-order valence-corrected chi connectivity index (χ2v) is 3.63. The first-order valence-electron chi connectivity index (χ1n) is 3.63. The molecule has 0 aromatic heterocycles. The Bertz CT molecular complexity index is 213. The van der Waals surface area contributed by atoms with Crippen molar-refractivity contribution in [1.82, 2.24) is 4.90 Å². The first kappa shape index (κ1) is 8.11. The lowest BCUT2D eigenvalue weighted by Gasteiger charge is -2.31. The van der Waals surface area contributed by atoms with Gasteiger partial charge in [0.05, 0.1) is 0 Å². The lowest BCUT2D eigenvalue weighted by Crippen LogP contribution is -2.40. The fraction of sp³-hybridized carbons (Fsp3) is 0.625. The molecule has 62 valence electrons. The molecule has 0 aliphatic carbocycles. The molecule has 1 rings (SSSR count). The summed E-state index contributed by atoms with van der Waals surface area (Å²) in [4.78, 5) is 6.89. The van der Waals surface area contributed by atoms with Gasteiger partial charge < -0.3 is 4.84 Å². The first-order chi connectivity index (χ1) is 4.93. The molecule has 1 aliphatic rings. The predicted molar refractivity (Wildman–Crippen MR) is 44.9 cm³/mol. The van der Waals surface area contributed by atoms with Crippen molar-refractivity contribution in [2.45, 2.75) is 33.2 Å². The van der Waals surface area contributed by atoms with E-state index < -0.39 is 0 Å². The van der Waals surface area contributed by atoms with Crippen LogP contribution in [0.3, 0.4) is 0 Å². The summed E-state index contributed by atoms with van der Waals surface area (Å²) in [6.07, 6.45) is 0. The van der Waals surface area contributed by atoms with Crippen LogP contribution in [-0.2, 0) is 4.84 Å². The summed E-state index contributed by atoms with van der Waals surface area (Å²) in [7, 11) is 0. The SMILES string of the molecule is C=C1ON=C(C)N1C(C)(C)C. The van der Waals surface area contributed by atoms with Gasteiger partial charge in [-0.1, -0.05) is 5.16 Å². The second kappa shape index (κ2) is 2.26. The molecule has 11 heavy (non-hydrogen) atoms. The molecule has 0 N–H and O–H groups in total. The maximum absolute atomic E-state index is 4.92. The predicted octanol–water partition coefficient (Wildman–Crippen LogP) is 1.92. The number of hydrogen-bond acceptors (Lipinski definition) is 3. The molecular weight excluding hydrogens is 140 g/mol. The topological polar surface area (TPSA) is 24.8 Å². The van der Waals surface area contributed by atoms with Crippen LogP contribution in [0.5, 0.6) is 0 Å². The lowest BCUT2D eigenvalue weighted by molar-refractivity contribution is 0.156. The molecule has 0 spiro atoms. The van der Waals surface area contributed by atoms with Crippen molar-refractivity contribution in [2.24, 2.45) is 5.16 Å². The summed E-state index contributed by atoms with van der Waals surface area (Å²) in [5.41, 5.74) is 0.00116. The highest BCUT2D eigenvalue weighted by molar-refractivity contribution is 5.82. The van der Waals surface area contributed by atoms with Gasteiger partial charge in [-0.15, -0.1) is 0 Å². The minimum absolute atomic E-state index is 0.00116. The highest BCUT2D eigenvalue weighted by Gasteiger charge is 2.30. The zero-order valence-electron chi connectivity index (χ0n) is 7.51. The molecule has 0 amide bonds. The molecule has 3 heteroatoms. The molecule has 0 saturated heterocycles. The molecule has 1 aliphatic heterocycles. The number of rotatable bonds is 0. The normalized spacial score (nSPS) is 18.4. The van der Waals surface area contributed by atoms with Gasteiger partial charge >= 0.3 is 0 Å². The van der Waals surface area contributed by atoms with Gasteiger partial charge in [-0.05, 0) is 34.3 Å². The largest absolute Gasteiger partial charge is 0.337 e. The maximum atomic E-state index is 4.92. The third-order valence-corrected chi connectivity index (χ3v) is 1.53. The van der Waals surface area contributed by atoms with E-state index in [4.69, 9.17) is 4.84 Å². The summed E-state index contributed by atoms with van der Waals surface area (Å²) in [6, 6.07) is 0. The van der Waals surface area contributed by atoms with Crippen LogP contribution < -0.4 is 0 Å². The summed E-state index contributed by atoms with van der Waals surface area (Å²) >= 11 is 0. The average Bonchev–Trinajstić information content (AvgIpc) is 2.08. The minimum Gasteiger partial charge on any atom is -0.337 e. The van der Waals surface area contributed by atoms with Crippen LogP contribution >= 0.6 is 0 Å². The molecule has 0 bridgehead atoms. The monoisotopic (exact) mass is 154 g/mol. The van der Waals surface area contributed by atoms with Gasteiger partial charge in [0.1, 0.15) is 5.84 Å². The Hall–Kier alpha value is -0.990. The number of oxime groups is 1. The highest BCUT2D eigenvalue weighted by Crippen LogP contribution is 2.24. The van der Waals surface area contributed by atoms with Gasteiger partial charge in [0.25, 0.3) is 0 Å².